The van der Waals surface area contributed by atoms with Gasteiger partial charge in [0.2, 0.25) is 5.91 Å². The van der Waals surface area contributed by atoms with E-state index in [-0.39, 0.29) is 5.91 Å². The van der Waals surface area contributed by atoms with Crippen LogP contribution < -0.4 is 10.6 Å². The predicted molar refractivity (Wildman–Crippen MR) is 84.1 cm³/mol. The van der Waals surface area contributed by atoms with Crippen molar-refractivity contribution >= 4 is 5.91 Å². The van der Waals surface area contributed by atoms with Gasteiger partial charge in [0.05, 0.1) is 6.54 Å². The number of amides is 1. The minimum Gasteiger partial charge on any atom is -0.355 e. The second-order valence-corrected chi connectivity index (χ2v) is 6.31. The highest BCUT2D eigenvalue weighted by molar-refractivity contribution is 5.78. The third-order valence-electron chi connectivity index (χ3n) is 4.64. The van der Waals surface area contributed by atoms with Gasteiger partial charge >= 0.3 is 0 Å². The molecule has 114 valence electrons. The van der Waals surface area contributed by atoms with Gasteiger partial charge in [-0.1, -0.05) is 30.3 Å². The quantitative estimate of drug-likeness (QED) is 0.764. The number of hydrogen-bond acceptors (Lipinski definition) is 3. The van der Waals surface area contributed by atoms with Crippen LogP contribution in [-0.4, -0.2) is 50.1 Å². The minimum atomic E-state index is 0.177. The second kappa shape index (κ2) is 7.05. The first-order valence-corrected chi connectivity index (χ1v) is 8.05. The molecule has 2 atom stereocenters. The summed E-state index contributed by atoms with van der Waals surface area (Å²) in [7, 11) is 0. The molecule has 2 fully saturated rings. The van der Waals surface area contributed by atoms with Gasteiger partial charge in [-0.15, -0.1) is 0 Å². The van der Waals surface area contributed by atoms with E-state index in [0.717, 1.165) is 57.4 Å². The lowest BCUT2D eigenvalue weighted by Gasteiger charge is -2.16. The van der Waals surface area contributed by atoms with E-state index in [9.17, 15) is 4.79 Å². The van der Waals surface area contributed by atoms with Crippen LogP contribution in [0.4, 0.5) is 0 Å². The molecule has 0 saturated carbocycles. The molecule has 2 N–H and O–H groups in total. The molecule has 2 heterocycles. The minimum absolute atomic E-state index is 0.177. The molecule has 0 spiro atoms. The van der Waals surface area contributed by atoms with Crippen molar-refractivity contribution < 1.29 is 4.79 Å². The summed E-state index contributed by atoms with van der Waals surface area (Å²) in [5.41, 5.74) is 1.34. The SMILES string of the molecule is O=C(CN1CC2CNCC2C1)NCCCc1ccccc1. The van der Waals surface area contributed by atoms with E-state index >= 15 is 0 Å². The number of benzene rings is 1. The highest BCUT2D eigenvalue weighted by atomic mass is 16.2. The summed E-state index contributed by atoms with van der Waals surface area (Å²) in [5, 5.41) is 6.48. The molecular weight excluding hydrogens is 262 g/mol. The van der Waals surface area contributed by atoms with Gasteiger partial charge in [-0.3, -0.25) is 9.69 Å². The van der Waals surface area contributed by atoms with Gasteiger partial charge in [0.15, 0.2) is 0 Å². The normalized spacial score (nSPS) is 25.0. The Labute approximate surface area is 126 Å². The first kappa shape index (κ1) is 14.5. The first-order valence-electron chi connectivity index (χ1n) is 8.05. The Morgan fingerprint density at radius 3 is 2.62 bits per heavy atom. The first-order chi connectivity index (χ1) is 10.3. The fourth-order valence-electron chi connectivity index (χ4n) is 3.51. The molecule has 2 aliphatic rings. The largest absolute Gasteiger partial charge is 0.355 e. The number of carbonyl (C=O) groups excluding carboxylic acids is 1. The Hall–Kier alpha value is -1.39. The molecule has 0 aromatic heterocycles. The van der Waals surface area contributed by atoms with Crippen molar-refractivity contribution in [1.29, 1.82) is 0 Å². The Morgan fingerprint density at radius 1 is 1.19 bits per heavy atom. The molecule has 21 heavy (non-hydrogen) atoms. The molecule has 2 unspecified atom stereocenters. The third-order valence-corrected chi connectivity index (χ3v) is 4.64. The summed E-state index contributed by atoms with van der Waals surface area (Å²) in [6.45, 7) is 5.75. The van der Waals surface area contributed by atoms with Gasteiger partial charge in [0.1, 0.15) is 0 Å². The van der Waals surface area contributed by atoms with Crippen molar-refractivity contribution in [3.8, 4) is 0 Å². The van der Waals surface area contributed by atoms with Crippen LogP contribution in [0, 0.1) is 11.8 Å². The number of carbonyl (C=O) groups is 1. The average molecular weight is 287 g/mol. The highest BCUT2D eigenvalue weighted by Crippen LogP contribution is 2.25. The molecule has 0 aliphatic carbocycles. The van der Waals surface area contributed by atoms with Gasteiger partial charge < -0.3 is 10.6 Å². The summed E-state index contributed by atoms with van der Waals surface area (Å²) in [5.74, 6) is 1.70. The fourth-order valence-corrected chi connectivity index (χ4v) is 3.51. The maximum Gasteiger partial charge on any atom is 0.234 e. The number of hydrogen-bond donors (Lipinski definition) is 2. The predicted octanol–water partition coefficient (Wildman–Crippen LogP) is 0.887. The summed E-state index contributed by atoms with van der Waals surface area (Å²) in [6, 6.07) is 10.4. The molecule has 0 radical (unpaired) electrons. The van der Waals surface area contributed by atoms with Crippen LogP contribution in [0.2, 0.25) is 0 Å². The van der Waals surface area contributed by atoms with Crippen molar-refractivity contribution in [3.05, 3.63) is 35.9 Å². The van der Waals surface area contributed by atoms with Crippen molar-refractivity contribution in [3.63, 3.8) is 0 Å². The van der Waals surface area contributed by atoms with Crippen LogP contribution in [0.5, 0.6) is 0 Å². The summed E-state index contributed by atoms with van der Waals surface area (Å²) in [4.78, 5) is 14.3. The number of fused-ring (bicyclic) bond motifs is 1. The van der Waals surface area contributed by atoms with Crippen LogP contribution in [0.1, 0.15) is 12.0 Å². The highest BCUT2D eigenvalue weighted by Gasteiger charge is 2.36. The summed E-state index contributed by atoms with van der Waals surface area (Å²) >= 11 is 0. The van der Waals surface area contributed by atoms with Gasteiger partial charge in [-0.2, -0.15) is 0 Å². The monoisotopic (exact) mass is 287 g/mol. The van der Waals surface area contributed by atoms with Crippen molar-refractivity contribution in [2.24, 2.45) is 11.8 Å². The van der Waals surface area contributed by atoms with Crippen LogP contribution in [-0.2, 0) is 11.2 Å². The van der Waals surface area contributed by atoms with E-state index in [0.29, 0.717) is 6.54 Å². The Morgan fingerprint density at radius 2 is 1.90 bits per heavy atom. The van der Waals surface area contributed by atoms with Crippen molar-refractivity contribution in [2.45, 2.75) is 12.8 Å². The standard InChI is InChI=1S/C17H25N3O/c21-17(13-20-11-15-9-18-10-16(15)12-20)19-8-4-7-14-5-2-1-3-6-14/h1-3,5-6,15-16,18H,4,7-13H2,(H,19,21). The Bertz CT molecular complexity index is 450. The molecule has 1 aromatic carbocycles. The van der Waals surface area contributed by atoms with Gasteiger partial charge in [-0.05, 0) is 43.3 Å². The van der Waals surface area contributed by atoms with Crippen LogP contribution >= 0.6 is 0 Å². The number of aryl methyl sites for hydroxylation is 1. The molecule has 2 saturated heterocycles. The maximum absolute atomic E-state index is 12.0. The van der Waals surface area contributed by atoms with E-state index in [1.165, 1.54) is 5.56 Å². The second-order valence-electron chi connectivity index (χ2n) is 6.31. The van der Waals surface area contributed by atoms with Crippen molar-refractivity contribution in [2.75, 3.05) is 39.3 Å². The zero-order valence-electron chi connectivity index (χ0n) is 12.6. The Balaban J connectivity index is 1.30. The maximum atomic E-state index is 12.0. The smallest absolute Gasteiger partial charge is 0.234 e. The third kappa shape index (κ3) is 4.05. The van der Waals surface area contributed by atoms with Crippen LogP contribution in [0.15, 0.2) is 30.3 Å². The molecule has 1 aromatic rings. The molecule has 4 nitrogen and oxygen atoms in total. The van der Waals surface area contributed by atoms with E-state index < -0.39 is 0 Å². The topological polar surface area (TPSA) is 44.4 Å². The lowest BCUT2D eigenvalue weighted by atomic mass is 10.0. The zero-order valence-corrected chi connectivity index (χ0v) is 12.6. The van der Waals surface area contributed by atoms with Crippen LogP contribution in [0.25, 0.3) is 0 Å². The lowest BCUT2D eigenvalue weighted by Crippen LogP contribution is -2.37. The number of nitrogens with zero attached hydrogens (tertiary/aromatic N) is 1. The van der Waals surface area contributed by atoms with Crippen molar-refractivity contribution in [1.82, 2.24) is 15.5 Å². The van der Waals surface area contributed by atoms with E-state index in [1.807, 2.05) is 6.07 Å². The fraction of sp³-hybridized carbons (Fsp3) is 0.588. The average Bonchev–Trinajstić information content (AvgIpc) is 3.06. The lowest BCUT2D eigenvalue weighted by molar-refractivity contribution is -0.122. The number of likely N-dealkylation sites (tertiary alicyclic amines) is 1. The van der Waals surface area contributed by atoms with E-state index in [4.69, 9.17) is 0 Å². The zero-order chi connectivity index (χ0) is 14.5. The van der Waals surface area contributed by atoms with Gasteiger partial charge in [0.25, 0.3) is 0 Å². The molecular formula is C17H25N3O. The Kier molecular flexibility index (Phi) is 4.88. The molecule has 2 aliphatic heterocycles. The molecule has 3 rings (SSSR count). The number of rotatable bonds is 6. The summed E-state index contributed by atoms with van der Waals surface area (Å²) in [6.07, 6.45) is 2.03. The summed E-state index contributed by atoms with van der Waals surface area (Å²) < 4.78 is 0. The molecule has 1 amide bonds. The molecule has 0 bridgehead atoms. The van der Waals surface area contributed by atoms with Gasteiger partial charge in [0, 0.05) is 19.6 Å². The number of nitrogens with one attached hydrogen (secondary N) is 2. The molecule has 4 heteroatoms. The van der Waals surface area contributed by atoms with Gasteiger partial charge in [-0.25, -0.2) is 0 Å². The van der Waals surface area contributed by atoms with E-state index in [1.54, 1.807) is 0 Å². The van der Waals surface area contributed by atoms with Crippen LogP contribution in [0.3, 0.4) is 0 Å². The van der Waals surface area contributed by atoms with E-state index in [2.05, 4.69) is 39.8 Å².